The Morgan fingerprint density at radius 2 is 1.90 bits per heavy atom. The summed E-state index contributed by atoms with van der Waals surface area (Å²) in [6.45, 7) is 9.16. The van der Waals surface area contributed by atoms with Crippen LogP contribution in [0, 0.1) is 5.92 Å². The van der Waals surface area contributed by atoms with E-state index in [-0.39, 0.29) is 5.41 Å². The number of benzene rings is 1. The van der Waals surface area contributed by atoms with Crippen LogP contribution in [0.2, 0.25) is 0 Å². The number of nitrogens with zero attached hydrogens (tertiary/aromatic N) is 2. The van der Waals surface area contributed by atoms with Gasteiger partial charge in [0.15, 0.2) is 0 Å². The van der Waals surface area contributed by atoms with Gasteiger partial charge in [-0.2, -0.15) is 0 Å². The van der Waals surface area contributed by atoms with Gasteiger partial charge < -0.3 is 20.1 Å². The van der Waals surface area contributed by atoms with Crippen LogP contribution in [0.5, 0.6) is 5.75 Å². The number of rotatable bonds is 7. The predicted molar refractivity (Wildman–Crippen MR) is 116 cm³/mol. The molecule has 2 aromatic rings. The molecule has 2 aliphatic heterocycles. The molecule has 29 heavy (non-hydrogen) atoms. The molecule has 3 heterocycles. The molecule has 1 aromatic heterocycles. The molecule has 0 spiro atoms. The summed E-state index contributed by atoms with van der Waals surface area (Å²) in [6.07, 6.45) is 4.64. The van der Waals surface area contributed by atoms with Crippen molar-refractivity contribution >= 4 is 5.82 Å². The van der Waals surface area contributed by atoms with Crippen LogP contribution in [0.25, 0.3) is 0 Å². The highest BCUT2D eigenvalue weighted by Crippen LogP contribution is 2.39. The fourth-order valence-electron chi connectivity index (χ4n) is 4.55. The van der Waals surface area contributed by atoms with Crippen molar-refractivity contribution in [1.82, 2.24) is 9.88 Å². The van der Waals surface area contributed by atoms with E-state index in [1.807, 2.05) is 6.07 Å². The van der Waals surface area contributed by atoms with Crippen LogP contribution in [-0.4, -0.2) is 48.8 Å². The van der Waals surface area contributed by atoms with Gasteiger partial charge in [-0.1, -0.05) is 18.2 Å². The lowest BCUT2D eigenvalue weighted by atomic mass is 9.70. The van der Waals surface area contributed by atoms with Gasteiger partial charge in [0.25, 0.3) is 0 Å². The molecule has 0 aliphatic carbocycles. The van der Waals surface area contributed by atoms with Crippen molar-refractivity contribution in [3.05, 3.63) is 53.7 Å². The minimum Gasteiger partial charge on any atom is -0.493 e. The van der Waals surface area contributed by atoms with Crippen molar-refractivity contribution in [2.75, 3.05) is 38.6 Å². The molecule has 0 radical (unpaired) electrons. The third-order valence-corrected chi connectivity index (χ3v) is 6.57. The van der Waals surface area contributed by atoms with E-state index in [0.29, 0.717) is 17.8 Å². The molecule has 2 N–H and O–H groups in total. The zero-order valence-corrected chi connectivity index (χ0v) is 17.6. The van der Waals surface area contributed by atoms with Crippen molar-refractivity contribution in [3.63, 3.8) is 0 Å². The van der Waals surface area contributed by atoms with Gasteiger partial charge in [0.2, 0.25) is 0 Å². The molecule has 1 aromatic carbocycles. The zero-order chi connectivity index (χ0) is 20.3. The summed E-state index contributed by atoms with van der Waals surface area (Å²) in [5.74, 6) is 2.24. The number of hydrogen-bond donors (Lipinski definition) is 1. The van der Waals surface area contributed by atoms with E-state index in [0.717, 1.165) is 63.5 Å². The number of anilines is 1. The van der Waals surface area contributed by atoms with Crippen LogP contribution >= 0.6 is 0 Å². The molecular formula is C24H33N3O2. The molecular weight excluding hydrogens is 362 g/mol. The van der Waals surface area contributed by atoms with Crippen LogP contribution in [0.1, 0.15) is 37.8 Å². The van der Waals surface area contributed by atoms with E-state index in [4.69, 9.17) is 15.2 Å². The molecule has 2 saturated heterocycles. The average molecular weight is 396 g/mol. The lowest BCUT2D eigenvalue weighted by Gasteiger charge is -2.41. The Bertz CT molecular complexity index is 794. The summed E-state index contributed by atoms with van der Waals surface area (Å²) < 4.78 is 11.7. The highest BCUT2D eigenvalue weighted by atomic mass is 16.5. The molecule has 2 aliphatic rings. The Labute approximate surface area is 174 Å². The van der Waals surface area contributed by atoms with Gasteiger partial charge in [-0.3, -0.25) is 0 Å². The molecule has 156 valence electrons. The Morgan fingerprint density at radius 1 is 1.17 bits per heavy atom. The van der Waals surface area contributed by atoms with Crippen molar-refractivity contribution in [2.45, 2.75) is 44.6 Å². The number of nitrogens with two attached hydrogens (primary N) is 1. The van der Waals surface area contributed by atoms with Crippen molar-refractivity contribution < 1.29 is 9.47 Å². The van der Waals surface area contributed by atoms with E-state index in [9.17, 15) is 0 Å². The first-order chi connectivity index (χ1) is 14.1. The molecule has 0 saturated carbocycles. The number of nitrogen functional groups attached to an aromatic ring is 1. The lowest BCUT2D eigenvalue weighted by molar-refractivity contribution is 0.0375. The van der Waals surface area contributed by atoms with Gasteiger partial charge in [-0.15, -0.1) is 0 Å². The van der Waals surface area contributed by atoms with Gasteiger partial charge >= 0.3 is 0 Å². The number of hydrogen-bond acceptors (Lipinski definition) is 5. The minimum atomic E-state index is 0.0413. The molecule has 0 amide bonds. The van der Waals surface area contributed by atoms with E-state index in [2.05, 4.69) is 54.1 Å². The maximum absolute atomic E-state index is 6.15. The standard InChI is InChI=1S/C24H33N3O2/c1-18(2)27-15-19(16-27)17-29-22-7-5-21(6-8-22)24(9-12-28-13-10-24)14-20-4-3-11-26-23(20)25/h3-8,11,18-19H,9-10,12-17H2,1-2H3,(H2,25,26). The van der Waals surface area contributed by atoms with Crippen LogP contribution < -0.4 is 10.5 Å². The molecule has 0 bridgehead atoms. The maximum Gasteiger partial charge on any atom is 0.126 e. The quantitative estimate of drug-likeness (QED) is 0.775. The molecule has 5 nitrogen and oxygen atoms in total. The van der Waals surface area contributed by atoms with Crippen molar-refractivity contribution in [3.8, 4) is 5.75 Å². The summed E-state index contributed by atoms with van der Waals surface area (Å²) in [4.78, 5) is 6.76. The number of aromatic nitrogens is 1. The SMILES string of the molecule is CC(C)N1CC(COc2ccc(C3(Cc4cccnc4N)CCOCC3)cc2)C1. The van der Waals surface area contributed by atoms with Crippen LogP contribution in [0.4, 0.5) is 5.82 Å². The van der Waals surface area contributed by atoms with Crippen molar-refractivity contribution in [2.24, 2.45) is 5.92 Å². The normalized spacial score (nSPS) is 19.8. The first-order valence-electron chi connectivity index (χ1n) is 10.8. The molecule has 0 unspecified atom stereocenters. The monoisotopic (exact) mass is 395 g/mol. The first-order valence-corrected chi connectivity index (χ1v) is 10.8. The fourth-order valence-corrected chi connectivity index (χ4v) is 4.55. The summed E-state index contributed by atoms with van der Waals surface area (Å²) in [5.41, 5.74) is 8.65. The van der Waals surface area contributed by atoms with Crippen LogP contribution in [0.3, 0.4) is 0 Å². The number of likely N-dealkylation sites (tertiary alicyclic amines) is 1. The van der Waals surface area contributed by atoms with Crippen molar-refractivity contribution in [1.29, 1.82) is 0 Å². The lowest BCUT2D eigenvalue weighted by Crippen LogP contribution is -2.52. The van der Waals surface area contributed by atoms with Crippen LogP contribution in [-0.2, 0) is 16.6 Å². The fraction of sp³-hybridized carbons (Fsp3) is 0.542. The molecule has 5 heteroatoms. The minimum absolute atomic E-state index is 0.0413. The van der Waals surface area contributed by atoms with Gasteiger partial charge in [0.05, 0.1) is 6.61 Å². The second-order valence-electron chi connectivity index (χ2n) is 8.87. The zero-order valence-electron chi connectivity index (χ0n) is 17.6. The van der Waals surface area contributed by atoms with E-state index in [1.165, 1.54) is 5.56 Å². The largest absolute Gasteiger partial charge is 0.493 e. The van der Waals surface area contributed by atoms with Gasteiger partial charge in [-0.05, 0) is 62.4 Å². The first kappa shape index (κ1) is 20.2. The molecule has 4 rings (SSSR count). The van der Waals surface area contributed by atoms with E-state index < -0.39 is 0 Å². The van der Waals surface area contributed by atoms with Crippen LogP contribution in [0.15, 0.2) is 42.6 Å². The Balaban J connectivity index is 1.43. The molecule has 2 fully saturated rings. The number of pyridine rings is 1. The Hall–Kier alpha value is -2.11. The summed E-state index contributed by atoms with van der Waals surface area (Å²) in [7, 11) is 0. The van der Waals surface area contributed by atoms with Gasteiger partial charge in [0.1, 0.15) is 11.6 Å². The third kappa shape index (κ3) is 4.57. The third-order valence-electron chi connectivity index (χ3n) is 6.57. The summed E-state index contributed by atoms with van der Waals surface area (Å²) in [6, 6.07) is 13.4. The average Bonchev–Trinajstić information content (AvgIpc) is 2.69. The molecule has 0 atom stereocenters. The van der Waals surface area contributed by atoms with Gasteiger partial charge in [-0.25, -0.2) is 4.98 Å². The Morgan fingerprint density at radius 3 is 2.55 bits per heavy atom. The smallest absolute Gasteiger partial charge is 0.126 e. The number of ether oxygens (including phenoxy) is 2. The highest BCUT2D eigenvalue weighted by Gasteiger charge is 2.35. The summed E-state index contributed by atoms with van der Waals surface area (Å²) in [5, 5.41) is 0. The Kier molecular flexibility index (Phi) is 6.07. The maximum atomic E-state index is 6.15. The second kappa shape index (κ2) is 8.72. The second-order valence-corrected chi connectivity index (χ2v) is 8.87. The van der Waals surface area contributed by atoms with E-state index >= 15 is 0 Å². The van der Waals surface area contributed by atoms with Gasteiger partial charge in [0, 0.05) is 49.9 Å². The topological polar surface area (TPSA) is 60.6 Å². The summed E-state index contributed by atoms with van der Waals surface area (Å²) >= 11 is 0. The predicted octanol–water partition coefficient (Wildman–Crippen LogP) is 3.67. The van der Waals surface area contributed by atoms with E-state index in [1.54, 1.807) is 6.20 Å². The highest BCUT2D eigenvalue weighted by molar-refractivity contribution is 5.42.